The molecule has 2 heterocycles. The summed E-state index contributed by atoms with van der Waals surface area (Å²) in [5.74, 6) is -0.413. The Balaban J connectivity index is 1.78. The molecule has 1 fully saturated rings. The molecule has 22 heavy (non-hydrogen) atoms. The molecule has 1 aromatic heterocycles. The van der Waals surface area contributed by atoms with Gasteiger partial charge in [0.2, 0.25) is 5.91 Å². The molecule has 1 aliphatic rings. The minimum atomic E-state index is -0.437. The molecule has 0 aliphatic carbocycles. The molecule has 1 aliphatic heterocycles. The topological polar surface area (TPSA) is 55.2 Å². The highest BCUT2D eigenvalue weighted by molar-refractivity contribution is 5.76. The molecule has 1 amide bonds. The molecule has 1 saturated heterocycles. The van der Waals surface area contributed by atoms with Crippen LogP contribution in [-0.2, 0) is 11.3 Å². The van der Waals surface area contributed by atoms with Crippen molar-refractivity contribution in [3.05, 3.63) is 64.6 Å². The number of rotatable bonds is 3. The fraction of sp³-hybridized carbons (Fsp3) is 0.312. The highest BCUT2D eigenvalue weighted by Crippen LogP contribution is 2.32. The Morgan fingerprint density at radius 1 is 1.32 bits per heavy atom. The Labute approximate surface area is 127 Å². The van der Waals surface area contributed by atoms with Crippen LogP contribution in [0.25, 0.3) is 0 Å². The van der Waals surface area contributed by atoms with Gasteiger partial charge in [-0.2, -0.15) is 0 Å². The molecule has 2 aromatic rings. The summed E-state index contributed by atoms with van der Waals surface area (Å²) in [6, 6.07) is 7.80. The lowest BCUT2D eigenvalue weighted by molar-refractivity contribution is -0.132. The second-order valence-corrected chi connectivity index (χ2v) is 5.33. The standard InChI is InChI=1S/C16H16FN3O2/c17-13-6-4-12(5-7-13)14-3-1-10-20(14)15(21)11-19-9-2-8-18-16(19)22/h2,4-9,14H,1,3,10-11H2/t14-/m0/s1. The van der Waals surface area contributed by atoms with Crippen LogP contribution in [0.3, 0.4) is 0 Å². The summed E-state index contributed by atoms with van der Waals surface area (Å²) >= 11 is 0. The van der Waals surface area contributed by atoms with E-state index < -0.39 is 5.69 Å². The van der Waals surface area contributed by atoms with E-state index in [9.17, 15) is 14.0 Å². The van der Waals surface area contributed by atoms with Crippen molar-refractivity contribution in [3.8, 4) is 0 Å². The van der Waals surface area contributed by atoms with Crippen molar-refractivity contribution in [1.29, 1.82) is 0 Å². The molecule has 1 aromatic carbocycles. The SMILES string of the molecule is O=C(Cn1cccnc1=O)N1CCC[C@H]1c1ccc(F)cc1. The molecule has 6 heteroatoms. The van der Waals surface area contributed by atoms with Crippen LogP contribution in [0.1, 0.15) is 24.4 Å². The van der Waals surface area contributed by atoms with Crippen LogP contribution in [0, 0.1) is 5.82 Å². The van der Waals surface area contributed by atoms with Crippen molar-refractivity contribution in [3.63, 3.8) is 0 Å². The van der Waals surface area contributed by atoms with Gasteiger partial charge in [-0.25, -0.2) is 14.2 Å². The monoisotopic (exact) mass is 301 g/mol. The zero-order valence-corrected chi connectivity index (χ0v) is 12.0. The predicted octanol–water partition coefficient (Wildman–Crippen LogP) is 1.75. The molecular formula is C16H16FN3O2. The largest absolute Gasteiger partial charge is 0.347 e. The van der Waals surface area contributed by atoms with E-state index in [4.69, 9.17) is 0 Å². The summed E-state index contributed by atoms with van der Waals surface area (Å²) in [5, 5.41) is 0. The highest BCUT2D eigenvalue weighted by atomic mass is 19.1. The Morgan fingerprint density at radius 3 is 2.82 bits per heavy atom. The minimum absolute atomic E-state index is 0.0234. The second-order valence-electron chi connectivity index (χ2n) is 5.33. The van der Waals surface area contributed by atoms with E-state index in [1.54, 1.807) is 29.3 Å². The van der Waals surface area contributed by atoms with E-state index in [1.807, 2.05) is 0 Å². The maximum absolute atomic E-state index is 13.0. The van der Waals surface area contributed by atoms with Gasteiger partial charge in [0.25, 0.3) is 0 Å². The van der Waals surface area contributed by atoms with Gasteiger partial charge >= 0.3 is 5.69 Å². The summed E-state index contributed by atoms with van der Waals surface area (Å²) in [7, 11) is 0. The van der Waals surface area contributed by atoms with Crippen LogP contribution >= 0.6 is 0 Å². The maximum atomic E-state index is 13.0. The number of carbonyl (C=O) groups is 1. The van der Waals surface area contributed by atoms with E-state index in [1.165, 1.54) is 22.9 Å². The molecule has 0 bridgehead atoms. The maximum Gasteiger partial charge on any atom is 0.347 e. The molecule has 114 valence electrons. The van der Waals surface area contributed by atoms with Crippen molar-refractivity contribution >= 4 is 5.91 Å². The third kappa shape index (κ3) is 2.90. The van der Waals surface area contributed by atoms with Crippen LogP contribution < -0.4 is 5.69 Å². The van der Waals surface area contributed by atoms with Gasteiger partial charge in [0.05, 0.1) is 6.04 Å². The van der Waals surface area contributed by atoms with Crippen molar-refractivity contribution in [1.82, 2.24) is 14.5 Å². The molecule has 0 saturated carbocycles. The summed E-state index contributed by atoms with van der Waals surface area (Å²) in [6.45, 7) is 0.625. The number of amides is 1. The normalized spacial score (nSPS) is 17.7. The molecule has 0 unspecified atom stereocenters. The fourth-order valence-electron chi connectivity index (χ4n) is 2.84. The molecular weight excluding hydrogens is 285 g/mol. The molecule has 0 radical (unpaired) electrons. The quantitative estimate of drug-likeness (QED) is 0.868. The van der Waals surface area contributed by atoms with Crippen molar-refractivity contribution in [2.45, 2.75) is 25.4 Å². The minimum Gasteiger partial charge on any atom is -0.334 e. The first-order valence-corrected chi connectivity index (χ1v) is 7.21. The number of halogens is 1. The molecule has 3 rings (SSSR count). The fourth-order valence-corrected chi connectivity index (χ4v) is 2.84. The lowest BCUT2D eigenvalue weighted by atomic mass is 10.0. The highest BCUT2D eigenvalue weighted by Gasteiger charge is 2.29. The number of benzene rings is 1. The number of likely N-dealkylation sites (tertiary alicyclic amines) is 1. The van der Waals surface area contributed by atoms with Crippen LogP contribution in [0.5, 0.6) is 0 Å². The number of nitrogens with zero attached hydrogens (tertiary/aromatic N) is 3. The second kappa shape index (κ2) is 6.09. The van der Waals surface area contributed by atoms with Gasteiger partial charge in [0, 0.05) is 18.9 Å². The smallest absolute Gasteiger partial charge is 0.334 e. The average Bonchev–Trinajstić information content (AvgIpc) is 3.00. The number of hydrogen-bond acceptors (Lipinski definition) is 3. The first-order valence-electron chi connectivity index (χ1n) is 7.21. The summed E-state index contributed by atoms with van der Waals surface area (Å²) in [6.07, 6.45) is 4.70. The molecule has 5 nitrogen and oxygen atoms in total. The Bertz CT molecular complexity index is 727. The zero-order valence-electron chi connectivity index (χ0n) is 12.0. The average molecular weight is 301 g/mol. The van der Waals surface area contributed by atoms with Gasteiger partial charge < -0.3 is 4.90 Å². The Hall–Kier alpha value is -2.50. The first kappa shape index (κ1) is 14.4. The summed E-state index contributed by atoms with van der Waals surface area (Å²) in [4.78, 5) is 29.5. The lowest BCUT2D eigenvalue weighted by Crippen LogP contribution is -2.36. The van der Waals surface area contributed by atoms with E-state index in [0.717, 1.165) is 18.4 Å². The number of hydrogen-bond donors (Lipinski definition) is 0. The Kier molecular flexibility index (Phi) is 4.00. The van der Waals surface area contributed by atoms with Gasteiger partial charge in [-0.05, 0) is 36.6 Å². The zero-order chi connectivity index (χ0) is 15.5. The van der Waals surface area contributed by atoms with E-state index in [0.29, 0.717) is 6.54 Å². The molecule has 0 spiro atoms. The molecule has 1 atom stereocenters. The number of carbonyl (C=O) groups excluding carboxylic acids is 1. The van der Waals surface area contributed by atoms with Crippen molar-refractivity contribution < 1.29 is 9.18 Å². The number of aromatic nitrogens is 2. The van der Waals surface area contributed by atoms with Crippen LogP contribution in [0.2, 0.25) is 0 Å². The van der Waals surface area contributed by atoms with E-state index in [-0.39, 0.29) is 24.3 Å². The Morgan fingerprint density at radius 2 is 2.09 bits per heavy atom. The van der Waals surface area contributed by atoms with Crippen LogP contribution in [-0.4, -0.2) is 26.9 Å². The van der Waals surface area contributed by atoms with Crippen LogP contribution in [0.4, 0.5) is 4.39 Å². The van der Waals surface area contributed by atoms with Gasteiger partial charge in [-0.3, -0.25) is 9.36 Å². The van der Waals surface area contributed by atoms with Crippen molar-refractivity contribution in [2.75, 3.05) is 6.54 Å². The molecule has 0 N–H and O–H groups in total. The first-order chi connectivity index (χ1) is 10.6. The third-order valence-electron chi connectivity index (χ3n) is 3.92. The van der Waals surface area contributed by atoms with E-state index >= 15 is 0 Å². The van der Waals surface area contributed by atoms with Gasteiger partial charge in [0.1, 0.15) is 12.4 Å². The van der Waals surface area contributed by atoms with Gasteiger partial charge in [-0.1, -0.05) is 12.1 Å². The van der Waals surface area contributed by atoms with Gasteiger partial charge in [-0.15, -0.1) is 0 Å². The summed E-state index contributed by atoms with van der Waals surface area (Å²) < 4.78 is 14.3. The van der Waals surface area contributed by atoms with Crippen LogP contribution in [0.15, 0.2) is 47.5 Å². The van der Waals surface area contributed by atoms with E-state index in [2.05, 4.69) is 4.98 Å². The lowest BCUT2D eigenvalue weighted by Gasteiger charge is -2.25. The predicted molar refractivity (Wildman–Crippen MR) is 78.6 cm³/mol. The van der Waals surface area contributed by atoms with Crippen molar-refractivity contribution in [2.24, 2.45) is 0 Å². The summed E-state index contributed by atoms with van der Waals surface area (Å²) in [5.41, 5.74) is 0.485. The van der Waals surface area contributed by atoms with Gasteiger partial charge in [0.15, 0.2) is 0 Å². The third-order valence-corrected chi connectivity index (χ3v) is 3.92.